The van der Waals surface area contributed by atoms with Crippen LogP contribution in [0.5, 0.6) is 11.5 Å². The molecule has 1 heterocycles. The number of benzene rings is 1. The van der Waals surface area contributed by atoms with Gasteiger partial charge in [-0.2, -0.15) is 0 Å². The second-order valence-corrected chi connectivity index (χ2v) is 6.79. The normalized spacial score (nSPS) is 31.4. The zero-order valence-corrected chi connectivity index (χ0v) is 12.4. The lowest BCUT2D eigenvalue weighted by Crippen LogP contribution is -2.31. The van der Waals surface area contributed by atoms with Crippen molar-refractivity contribution in [3.63, 3.8) is 0 Å². The van der Waals surface area contributed by atoms with Crippen molar-refractivity contribution in [2.24, 2.45) is 23.6 Å². The van der Waals surface area contributed by atoms with Crippen molar-refractivity contribution in [2.75, 3.05) is 13.2 Å². The second kappa shape index (κ2) is 5.50. The van der Waals surface area contributed by atoms with E-state index < -0.39 is 0 Å². The molecule has 21 heavy (non-hydrogen) atoms. The molecule has 4 heteroatoms. The van der Waals surface area contributed by atoms with Gasteiger partial charge in [-0.05, 0) is 61.1 Å². The van der Waals surface area contributed by atoms with Crippen LogP contribution >= 0.6 is 0 Å². The minimum absolute atomic E-state index is 0.213. The minimum Gasteiger partial charge on any atom is -0.486 e. The Morgan fingerprint density at radius 2 is 2.00 bits per heavy atom. The van der Waals surface area contributed by atoms with Crippen molar-refractivity contribution in [3.8, 4) is 11.5 Å². The molecule has 4 unspecified atom stereocenters. The van der Waals surface area contributed by atoms with Gasteiger partial charge < -0.3 is 9.47 Å². The number of fused-ring (bicyclic) bond motifs is 3. The molecule has 2 saturated carbocycles. The van der Waals surface area contributed by atoms with Crippen LogP contribution in [0.15, 0.2) is 18.2 Å². The fourth-order valence-corrected chi connectivity index (χ4v) is 4.54. The van der Waals surface area contributed by atoms with Crippen LogP contribution in [-0.2, 0) is 0 Å². The van der Waals surface area contributed by atoms with E-state index in [0.29, 0.717) is 13.2 Å². The summed E-state index contributed by atoms with van der Waals surface area (Å²) < 4.78 is 11.3. The molecule has 2 fully saturated rings. The molecule has 2 aliphatic carbocycles. The first-order chi connectivity index (χ1) is 10.3. The minimum atomic E-state index is 0.213. The Morgan fingerprint density at radius 1 is 1.14 bits per heavy atom. The van der Waals surface area contributed by atoms with Crippen LogP contribution < -0.4 is 20.7 Å². The molecular formula is C17H24N2O2. The largest absolute Gasteiger partial charge is 0.486 e. The predicted molar refractivity (Wildman–Crippen MR) is 81.1 cm³/mol. The number of nitrogens with two attached hydrogens (primary N) is 1. The molecule has 3 N–H and O–H groups in total. The van der Waals surface area contributed by atoms with Crippen molar-refractivity contribution in [1.29, 1.82) is 0 Å². The highest BCUT2D eigenvalue weighted by molar-refractivity contribution is 5.44. The van der Waals surface area contributed by atoms with Crippen LogP contribution in [0, 0.1) is 17.8 Å². The molecule has 4 atom stereocenters. The van der Waals surface area contributed by atoms with Gasteiger partial charge >= 0.3 is 0 Å². The van der Waals surface area contributed by atoms with Crippen LogP contribution in [0.2, 0.25) is 0 Å². The molecular weight excluding hydrogens is 264 g/mol. The molecule has 0 saturated heterocycles. The van der Waals surface area contributed by atoms with E-state index in [9.17, 15) is 0 Å². The topological polar surface area (TPSA) is 56.5 Å². The zero-order valence-electron chi connectivity index (χ0n) is 12.4. The molecule has 4 nitrogen and oxygen atoms in total. The maximum Gasteiger partial charge on any atom is 0.161 e. The van der Waals surface area contributed by atoms with E-state index in [2.05, 4.69) is 17.6 Å². The monoisotopic (exact) mass is 288 g/mol. The number of nitrogens with one attached hydrogen (secondary N) is 1. The summed E-state index contributed by atoms with van der Waals surface area (Å²) in [6.07, 6.45) is 6.85. The van der Waals surface area contributed by atoms with Crippen LogP contribution in [0.4, 0.5) is 0 Å². The number of hydrogen-bond donors (Lipinski definition) is 2. The van der Waals surface area contributed by atoms with Crippen LogP contribution in [0.25, 0.3) is 0 Å². The maximum atomic E-state index is 5.84. The summed E-state index contributed by atoms with van der Waals surface area (Å²) in [7, 11) is 0. The molecule has 2 bridgehead atoms. The van der Waals surface area contributed by atoms with E-state index in [1.54, 1.807) is 0 Å². The summed E-state index contributed by atoms with van der Waals surface area (Å²) in [6, 6.07) is 6.43. The summed E-state index contributed by atoms with van der Waals surface area (Å²) in [5.41, 5.74) is 4.23. The van der Waals surface area contributed by atoms with Gasteiger partial charge in [-0.3, -0.25) is 11.3 Å². The van der Waals surface area contributed by atoms with Crippen molar-refractivity contribution in [1.82, 2.24) is 5.43 Å². The maximum absolute atomic E-state index is 5.84. The smallest absolute Gasteiger partial charge is 0.161 e. The predicted octanol–water partition coefficient (Wildman–Crippen LogP) is 2.79. The van der Waals surface area contributed by atoms with Gasteiger partial charge in [-0.25, -0.2) is 0 Å². The van der Waals surface area contributed by atoms with E-state index in [-0.39, 0.29) is 6.04 Å². The lowest BCUT2D eigenvalue weighted by Gasteiger charge is -2.27. The molecule has 4 rings (SSSR count). The molecule has 1 aromatic rings. The molecule has 0 amide bonds. The zero-order chi connectivity index (χ0) is 14.2. The standard InChI is InChI=1S/C17H24N2O2/c18-19-15(9-14-8-11-1-2-12(14)7-11)13-3-4-16-17(10-13)21-6-5-20-16/h3-4,10-12,14-15,19H,1-2,5-9,18H2. The molecule has 1 aromatic carbocycles. The van der Waals surface area contributed by atoms with E-state index in [4.69, 9.17) is 15.3 Å². The fourth-order valence-electron chi connectivity index (χ4n) is 4.54. The summed E-state index contributed by atoms with van der Waals surface area (Å²) in [6.45, 7) is 1.26. The van der Waals surface area contributed by atoms with Gasteiger partial charge in [0.1, 0.15) is 13.2 Å². The van der Waals surface area contributed by atoms with Gasteiger partial charge in [-0.15, -0.1) is 0 Å². The van der Waals surface area contributed by atoms with Gasteiger partial charge in [0.05, 0.1) is 0 Å². The summed E-state index contributed by atoms with van der Waals surface area (Å²) in [4.78, 5) is 0. The average Bonchev–Trinajstić information content (AvgIpc) is 3.15. The van der Waals surface area contributed by atoms with E-state index in [1.165, 1.54) is 31.2 Å². The van der Waals surface area contributed by atoms with Crippen molar-refractivity contribution >= 4 is 0 Å². The van der Waals surface area contributed by atoms with Gasteiger partial charge in [0.25, 0.3) is 0 Å². The van der Waals surface area contributed by atoms with E-state index in [1.807, 2.05) is 6.07 Å². The van der Waals surface area contributed by atoms with Crippen LogP contribution in [-0.4, -0.2) is 13.2 Å². The highest BCUT2D eigenvalue weighted by Gasteiger charge is 2.40. The highest BCUT2D eigenvalue weighted by atomic mass is 16.6. The Balaban J connectivity index is 1.50. The van der Waals surface area contributed by atoms with E-state index in [0.717, 1.165) is 35.7 Å². The quantitative estimate of drug-likeness (QED) is 0.661. The third-order valence-electron chi connectivity index (χ3n) is 5.59. The number of hydrogen-bond acceptors (Lipinski definition) is 4. The third-order valence-corrected chi connectivity index (χ3v) is 5.59. The second-order valence-electron chi connectivity index (χ2n) is 6.79. The Hall–Kier alpha value is -1.26. The number of ether oxygens (including phenoxy) is 2. The Kier molecular flexibility index (Phi) is 3.51. The molecule has 0 spiro atoms. The third kappa shape index (κ3) is 2.51. The lowest BCUT2D eigenvalue weighted by molar-refractivity contribution is 0.171. The van der Waals surface area contributed by atoms with Gasteiger partial charge in [0, 0.05) is 6.04 Å². The van der Waals surface area contributed by atoms with Crippen molar-refractivity contribution in [3.05, 3.63) is 23.8 Å². The van der Waals surface area contributed by atoms with Crippen LogP contribution in [0.3, 0.4) is 0 Å². The SMILES string of the molecule is NNC(CC1CC2CCC1C2)c1ccc2c(c1)OCCO2. The highest BCUT2D eigenvalue weighted by Crippen LogP contribution is 2.51. The Labute approximate surface area is 126 Å². The molecule has 0 radical (unpaired) electrons. The summed E-state index contributed by atoms with van der Waals surface area (Å²) in [5, 5.41) is 0. The molecule has 0 aromatic heterocycles. The fraction of sp³-hybridized carbons (Fsp3) is 0.647. The molecule has 1 aliphatic heterocycles. The number of hydrazine groups is 1. The van der Waals surface area contributed by atoms with Gasteiger partial charge in [0.2, 0.25) is 0 Å². The first kappa shape index (κ1) is 13.4. The van der Waals surface area contributed by atoms with Gasteiger partial charge in [0.15, 0.2) is 11.5 Å². The first-order valence-electron chi connectivity index (χ1n) is 8.19. The van der Waals surface area contributed by atoms with Crippen molar-refractivity contribution < 1.29 is 9.47 Å². The van der Waals surface area contributed by atoms with Gasteiger partial charge in [-0.1, -0.05) is 12.5 Å². The molecule has 3 aliphatic rings. The Morgan fingerprint density at radius 3 is 2.71 bits per heavy atom. The lowest BCUT2D eigenvalue weighted by atomic mass is 9.83. The van der Waals surface area contributed by atoms with Crippen molar-refractivity contribution in [2.45, 2.75) is 38.1 Å². The number of rotatable bonds is 4. The van der Waals surface area contributed by atoms with E-state index >= 15 is 0 Å². The Bertz CT molecular complexity index is 520. The summed E-state index contributed by atoms with van der Waals surface area (Å²) >= 11 is 0. The average molecular weight is 288 g/mol. The summed E-state index contributed by atoms with van der Waals surface area (Å²) in [5.74, 6) is 10.3. The molecule has 114 valence electrons. The first-order valence-corrected chi connectivity index (χ1v) is 8.19. The van der Waals surface area contributed by atoms with Crippen LogP contribution in [0.1, 0.15) is 43.7 Å².